The summed E-state index contributed by atoms with van der Waals surface area (Å²) in [6.45, 7) is 1.68. The minimum Gasteiger partial charge on any atom is -0.289 e. The standard InChI is InChI=1S/C16H11FOS/c1-10-6-7-11(8-14(10)17)16(18)13-9-19-15-5-3-2-4-12(13)15/h2-9H,1H3. The Labute approximate surface area is 114 Å². The Morgan fingerprint density at radius 2 is 1.95 bits per heavy atom. The van der Waals surface area contributed by atoms with E-state index in [0.29, 0.717) is 16.7 Å². The molecule has 0 saturated heterocycles. The lowest BCUT2D eigenvalue weighted by Crippen LogP contribution is -2.01. The average molecular weight is 270 g/mol. The molecule has 1 nitrogen and oxygen atoms in total. The molecule has 3 aromatic rings. The smallest absolute Gasteiger partial charge is 0.194 e. The Morgan fingerprint density at radius 3 is 2.74 bits per heavy atom. The highest BCUT2D eigenvalue weighted by molar-refractivity contribution is 7.17. The fourth-order valence-corrected chi connectivity index (χ4v) is 2.98. The molecule has 0 unspecified atom stereocenters. The van der Waals surface area contributed by atoms with Crippen LogP contribution in [0.3, 0.4) is 0 Å². The van der Waals surface area contributed by atoms with Gasteiger partial charge in [-0.1, -0.05) is 30.3 Å². The van der Waals surface area contributed by atoms with E-state index in [4.69, 9.17) is 0 Å². The van der Waals surface area contributed by atoms with Crippen molar-refractivity contribution in [3.63, 3.8) is 0 Å². The molecule has 0 spiro atoms. The third-order valence-corrected chi connectivity index (χ3v) is 4.12. The van der Waals surface area contributed by atoms with Gasteiger partial charge in [-0.3, -0.25) is 4.79 Å². The van der Waals surface area contributed by atoms with Gasteiger partial charge in [0.15, 0.2) is 5.78 Å². The third-order valence-electron chi connectivity index (χ3n) is 3.16. The summed E-state index contributed by atoms with van der Waals surface area (Å²) >= 11 is 1.53. The van der Waals surface area contributed by atoms with Crippen LogP contribution in [0.4, 0.5) is 4.39 Å². The van der Waals surface area contributed by atoms with E-state index in [1.807, 2.05) is 29.6 Å². The van der Waals surface area contributed by atoms with E-state index < -0.39 is 0 Å². The molecule has 0 fully saturated rings. The van der Waals surface area contributed by atoms with Gasteiger partial charge in [-0.15, -0.1) is 11.3 Å². The van der Waals surface area contributed by atoms with Gasteiger partial charge in [-0.25, -0.2) is 4.39 Å². The van der Waals surface area contributed by atoms with Gasteiger partial charge in [0, 0.05) is 26.6 Å². The van der Waals surface area contributed by atoms with Crippen molar-refractivity contribution in [2.75, 3.05) is 0 Å². The number of fused-ring (bicyclic) bond motifs is 1. The highest BCUT2D eigenvalue weighted by Crippen LogP contribution is 2.27. The zero-order valence-corrected chi connectivity index (χ0v) is 11.1. The quantitative estimate of drug-likeness (QED) is 0.623. The normalized spacial score (nSPS) is 10.8. The molecule has 0 saturated carbocycles. The molecule has 0 aliphatic rings. The molecular formula is C16H11FOS. The van der Waals surface area contributed by atoms with E-state index in [1.54, 1.807) is 19.1 Å². The fraction of sp³-hybridized carbons (Fsp3) is 0.0625. The van der Waals surface area contributed by atoms with E-state index in [0.717, 1.165) is 10.1 Å². The monoisotopic (exact) mass is 270 g/mol. The lowest BCUT2D eigenvalue weighted by atomic mass is 10.0. The fourth-order valence-electron chi connectivity index (χ4n) is 2.04. The van der Waals surface area contributed by atoms with Crippen LogP contribution in [-0.2, 0) is 0 Å². The number of carbonyl (C=O) groups is 1. The minimum atomic E-state index is -0.342. The van der Waals surface area contributed by atoms with E-state index in [9.17, 15) is 9.18 Å². The summed E-state index contributed by atoms with van der Waals surface area (Å²) in [6, 6.07) is 12.4. The molecule has 94 valence electrons. The van der Waals surface area contributed by atoms with Crippen LogP contribution in [0, 0.1) is 12.7 Å². The SMILES string of the molecule is Cc1ccc(C(=O)c2csc3ccccc23)cc1F. The van der Waals surface area contributed by atoms with Crippen LogP contribution in [0.25, 0.3) is 10.1 Å². The van der Waals surface area contributed by atoms with Gasteiger partial charge in [0.2, 0.25) is 0 Å². The molecule has 0 N–H and O–H groups in total. The highest BCUT2D eigenvalue weighted by Gasteiger charge is 2.15. The van der Waals surface area contributed by atoms with Crippen LogP contribution >= 0.6 is 11.3 Å². The number of halogens is 1. The van der Waals surface area contributed by atoms with Gasteiger partial charge in [0.05, 0.1) is 0 Å². The summed E-state index contributed by atoms with van der Waals surface area (Å²) in [4.78, 5) is 12.4. The third kappa shape index (κ3) is 2.06. The van der Waals surface area contributed by atoms with Crippen LogP contribution in [0.1, 0.15) is 21.5 Å². The summed E-state index contributed by atoms with van der Waals surface area (Å²) in [5, 5.41) is 2.77. The van der Waals surface area contributed by atoms with Crippen LogP contribution in [0.2, 0.25) is 0 Å². The Balaban J connectivity index is 2.11. The van der Waals surface area contributed by atoms with Gasteiger partial charge in [-0.2, -0.15) is 0 Å². The molecule has 2 aromatic carbocycles. The second kappa shape index (κ2) is 4.59. The van der Waals surface area contributed by atoms with Gasteiger partial charge in [0.1, 0.15) is 5.82 Å². The maximum absolute atomic E-state index is 13.5. The van der Waals surface area contributed by atoms with E-state index in [-0.39, 0.29) is 11.6 Å². The number of hydrogen-bond donors (Lipinski definition) is 0. The van der Waals surface area contributed by atoms with Crippen LogP contribution < -0.4 is 0 Å². The maximum Gasteiger partial charge on any atom is 0.194 e. The molecule has 1 heterocycles. The second-order valence-electron chi connectivity index (χ2n) is 4.44. The van der Waals surface area contributed by atoms with Gasteiger partial charge >= 0.3 is 0 Å². The minimum absolute atomic E-state index is 0.128. The number of carbonyl (C=O) groups excluding carboxylic acids is 1. The molecule has 0 atom stereocenters. The van der Waals surface area contributed by atoms with Crippen molar-refractivity contribution in [2.45, 2.75) is 6.92 Å². The number of ketones is 1. The van der Waals surface area contributed by atoms with Crippen LogP contribution in [-0.4, -0.2) is 5.78 Å². The molecule has 0 amide bonds. The topological polar surface area (TPSA) is 17.1 Å². The summed E-state index contributed by atoms with van der Waals surface area (Å²) in [5.74, 6) is -0.471. The number of hydrogen-bond acceptors (Lipinski definition) is 2. The molecule has 3 heteroatoms. The zero-order valence-electron chi connectivity index (χ0n) is 10.3. The molecule has 0 bridgehead atoms. The Hall–Kier alpha value is -2.00. The average Bonchev–Trinajstić information content (AvgIpc) is 2.85. The molecule has 0 aliphatic carbocycles. The summed E-state index contributed by atoms with van der Waals surface area (Å²) in [6.07, 6.45) is 0. The van der Waals surface area contributed by atoms with Crippen molar-refractivity contribution in [1.29, 1.82) is 0 Å². The first-order valence-corrected chi connectivity index (χ1v) is 6.82. The van der Waals surface area contributed by atoms with E-state index in [2.05, 4.69) is 0 Å². The predicted molar refractivity (Wildman–Crippen MR) is 76.4 cm³/mol. The Kier molecular flexibility index (Phi) is 2.91. The summed E-state index contributed by atoms with van der Waals surface area (Å²) in [5.41, 5.74) is 1.59. The first-order valence-electron chi connectivity index (χ1n) is 5.94. The molecule has 1 aromatic heterocycles. The largest absolute Gasteiger partial charge is 0.289 e. The Bertz CT molecular complexity index is 773. The van der Waals surface area contributed by atoms with Gasteiger partial charge < -0.3 is 0 Å². The van der Waals surface area contributed by atoms with Crippen molar-refractivity contribution in [3.8, 4) is 0 Å². The molecule has 3 rings (SSSR count). The molecule has 19 heavy (non-hydrogen) atoms. The number of thiophene rings is 1. The van der Waals surface area contributed by atoms with E-state index in [1.165, 1.54) is 17.4 Å². The molecular weight excluding hydrogens is 259 g/mol. The lowest BCUT2D eigenvalue weighted by Gasteiger charge is -2.02. The predicted octanol–water partition coefficient (Wildman–Crippen LogP) is 4.58. The Morgan fingerprint density at radius 1 is 1.16 bits per heavy atom. The van der Waals surface area contributed by atoms with Crippen molar-refractivity contribution in [1.82, 2.24) is 0 Å². The summed E-state index contributed by atoms with van der Waals surface area (Å²) < 4.78 is 14.6. The molecule has 0 aliphatic heterocycles. The summed E-state index contributed by atoms with van der Waals surface area (Å²) in [7, 11) is 0. The van der Waals surface area contributed by atoms with Crippen LogP contribution in [0.5, 0.6) is 0 Å². The van der Waals surface area contributed by atoms with Crippen LogP contribution in [0.15, 0.2) is 47.8 Å². The first-order chi connectivity index (χ1) is 9.16. The number of aryl methyl sites for hydroxylation is 1. The number of rotatable bonds is 2. The second-order valence-corrected chi connectivity index (χ2v) is 5.35. The zero-order chi connectivity index (χ0) is 13.4. The van der Waals surface area contributed by atoms with Gasteiger partial charge in [-0.05, 0) is 24.6 Å². The maximum atomic E-state index is 13.5. The van der Waals surface area contributed by atoms with Crippen molar-refractivity contribution >= 4 is 27.2 Å². The van der Waals surface area contributed by atoms with E-state index >= 15 is 0 Å². The van der Waals surface area contributed by atoms with Crippen molar-refractivity contribution < 1.29 is 9.18 Å². The number of benzene rings is 2. The molecule has 0 radical (unpaired) electrons. The lowest BCUT2D eigenvalue weighted by molar-refractivity contribution is 0.104. The van der Waals surface area contributed by atoms with Crippen molar-refractivity contribution in [3.05, 3.63) is 70.4 Å². The van der Waals surface area contributed by atoms with Crippen molar-refractivity contribution in [2.24, 2.45) is 0 Å². The highest BCUT2D eigenvalue weighted by atomic mass is 32.1. The van der Waals surface area contributed by atoms with Gasteiger partial charge in [0.25, 0.3) is 0 Å². The first kappa shape index (κ1) is 12.1.